The number of hydrogen-bond donors (Lipinski definition) is 0. The van der Waals surface area contributed by atoms with Crippen LogP contribution in [0.2, 0.25) is 5.02 Å². The van der Waals surface area contributed by atoms with E-state index in [1.807, 2.05) is 0 Å². The number of ether oxygens (including phenoxy) is 1. The molecule has 0 unspecified atom stereocenters. The van der Waals surface area contributed by atoms with Gasteiger partial charge < -0.3 is 4.74 Å². The van der Waals surface area contributed by atoms with Gasteiger partial charge in [0.1, 0.15) is 0 Å². The molecule has 0 heterocycles. The van der Waals surface area contributed by atoms with Crippen LogP contribution in [0, 0.1) is 5.82 Å². The third-order valence-corrected chi connectivity index (χ3v) is 5.75. The molecule has 0 aliphatic rings. The van der Waals surface area contributed by atoms with E-state index in [0.717, 1.165) is 30.3 Å². The molecular weight excluding hydrogens is 398 g/mol. The Hall–Kier alpha value is -2.00. The predicted octanol–water partition coefficient (Wildman–Crippen LogP) is 4.72. The molecule has 0 spiro atoms. The van der Waals surface area contributed by atoms with Gasteiger partial charge in [0, 0.05) is 6.54 Å². The van der Waals surface area contributed by atoms with E-state index in [4.69, 9.17) is 16.3 Å². The second-order valence-corrected chi connectivity index (χ2v) is 7.40. The van der Waals surface area contributed by atoms with E-state index in [-0.39, 0.29) is 23.0 Å². The summed E-state index contributed by atoms with van der Waals surface area (Å²) in [7, 11) is -3.13. The van der Waals surface area contributed by atoms with E-state index in [9.17, 15) is 26.0 Å². The third kappa shape index (κ3) is 3.88. The molecule has 0 saturated carbocycles. The number of halogens is 5. The Morgan fingerprint density at radius 3 is 2.31 bits per heavy atom. The molecule has 10 heteroatoms. The number of sulfonamides is 1. The van der Waals surface area contributed by atoms with Crippen LogP contribution in [0.5, 0.6) is 5.75 Å². The minimum Gasteiger partial charge on any atom is -0.494 e. The van der Waals surface area contributed by atoms with Crippen LogP contribution in [-0.4, -0.2) is 22.1 Å². The Bertz CT molecular complexity index is 916. The van der Waals surface area contributed by atoms with Crippen molar-refractivity contribution in [1.82, 2.24) is 0 Å². The molecule has 2 aromatic rings. The Kier molecular flexibility index (Phi) is 5.72. The lowest BCUT2D eigenvalue weighted by molar-refractivity contribution is -0.137. The molecule has 0 fully saturated rings. The van der Waals surface area contributed by atoms with E-state index < -0.39 is 32.5 Å². The monoisotopic (exact) mass is 411 g/mol. The first kappa shape index (κ1) is 20.3. The minimum absolute atomic E-state index is 0.163. The van der Waals surface area contributed by atoms with Crippen LogP contribution in [0.4, 0.5) is 23.2 Å². The van der Waals surface area contributed by atoms with Crippen LogP contribution in [-0.2, 0) is 16.2 Å². The number of anilines is 1. The van der Waals surface area contributed by atoms with Crippen LogP contribution in [0.1, 0.15) is 12.5 Å². The molecule has 0 aliphatic heterocycles. The summed E-state index contributed by atoms with van der Waals surface area (Å²) < 4.78 is 83.7. The SMILES string of the molecule is CCN(c1cc(C(F)(F)F)ccc1Cl)S(=O)(=O)c1ccc(OC)c(F)c1. The fourth-order valence-electron chi connectivity index (χ4n) is 2.28. The van der Waals surface area contributed by atoms with Crippen molar-refractivity contribution >= 4 is 27.3 Å². The summed E-state index contributed by atoms with van der Waals surface area (Å²) in [5.41, 5.74) is -1.40. The van der Waals surface area contributed by atoms with Crippen molar-refractivity contribution in [2.75, 3.05) is 18.0 Å². The Morgan fingerprint density at radius 1 is 1.15 bits per heavy atom. The molecule has 2 aromatic carbocycles. The summed E-state index contributed by atoms with van der Waals surface area (Å²) in [5.74, 6) is -1.08. The molecule has 2 rings (SSSR count). The lowest BCUT2D eigenvalue weighted by atomic mass is 10.2. The van der Waals surface area contributed by atoms with Crippen molar-refractivity contribution in [2.45, 2.75) is 18.0 Å². The van der Waals surface area contributed by atoms with Gasteiger partial charge in [-0.2, -0.15) is 13.2 Å². The number of benzene rings is 2. The molecule has 0 aromatic heterocycles. The average Bonchev–Trinajstić information content (AvgIpc) is 2.55. The van der Waals surface area contributed by atoms with Crippen molar-refractivity contribution in [3.63, 3.8) is 0 Å². The summed E-state index contributed by atoms with van der Waals surface area (Å²) in [5, 5.41) is -0.183. The minimum atomic E-state index is -4.67. The zero-order valence-corrected chi connectivity index (χ0v) is 15.2. The van der Waals surface area contributed by atoms with Gasteiger partial charge in [-0.1, -0.05) is 11.6 Å². The normalized spacial score (nSPS) is 12.1. The van der Waals surface area contributed by atoms with Gasteiger partial charge in [-0.15, -0.1) is 0 Å². The summed E-state index contributed by atoms with van der Waals surface area (Å²) in [4.78, 5) is -0.439. The Balaban J connectivity index is 2.59. The van der Waals surface area contributed by atoms with Gasteiger partial charge in [-0.05, 0) is 43.3 Å². The molecule has 0 amide bonds. The van der Waals surface area contributed by atoms with E-state index in [2.05, 4.69) is 0 Å². The molecule has 0 radical (unpaired) electrons. The first-order chi connectivity index (χ1) is 12.0. The fourth-order valence-corrected chi connectivity index (χ4v) is 4.05. The standard InChI is InChI=1S/C16H14ClF4NO3S/c1-3-22(14-8-10(16(19,20)21)4-6-12(14)17)26(23,24)11-5-7-15(25-2)13(18)9-11/h4-9H,3H2,1-2H3. The topological polar surface area (TPSA) is 46.6 Å². The first-order valence-electron chi connectivity index (χ1n) is 7.25. The van der Waals surface area contributed by atoms with E-state index in [1.54, 1.807) is 0 Å². The molecule has 0 aliphatic carbocycles. The number of nitrogens with zero attached hydrogens (tertiary/aromatic N) is 1. The van der Waals surface area contributed by atoms with Gasteiger partial charge in [0.2, 0.25) is 0 Å². The van der Waals surface area contributed by atoms with Crippen molar-refractivity contribution < 1.29 is 30.7 Å². The zero-order chi connectivity index (χ0) is 19.7. The smallest absolute Gasteiger partial charge is 0.416 e. The summed E-state index contributed by atoms with van der Waals surface area (Å²) in [6, 6.07) is 5.30. The van der Waals surface area contributed by atoms with Crippen molar-refractivity contribution in [2.24, 2.45) is 0 Å². The lowest BCUT2D eigenvalue weighted by Gasteiger charge is -2.25. The Labute approximate surface area is 153 Å². The van der Waals surface area contributed by atoms with Crippen molar-refractivity contribution in [1.29, 1.82) is 0 Å². The number of methoxy groups -OCH3 is 1. The molecule has 26 heavy (non-hydrogen) atoms. The lowest BCUT2D eigenvalue weighted by Crippen LogP contribution is -2.31. The fraction of sp³-hybridized carbons (Fsp3) is 0.250. The van der Waals surface area contributed by atoms with Gasteiger partial charge >= 0.3 is 6.18 Å². The molecule has 0 atom stereocenters. The van der Waals surface area contributed by atoms with Crippen molar-refractivity contribution in [3.05, 3.63) is 52.8 Å². The van der Waals surface area contributed by atoms with E-state index in [0.29, 0.717) is 10.4 Å². The molecule has 4 nitrogen and oxygen atoms in total. The summed E-state index contributed by atoms with van der Waals surface area (Å²) >= 11 is 5.92. The second-order valence-electron chi connectivity index (χ2n) is 5.13. The highest BCUT2D eigenvalue weighted by Crippen LogP contribution is 2.37. The quantitative estimate of drug-likeness (QED) is 0.669. The van der Waals surface area contributed by atoms with Crippen LogP contribution >= 0.6 is 11.6 Å². The van der Waals surface area contributed by atoms with Gasteiger partial charge in [0.15, 0.2) is 11.6 Å². The van der Waals surface area contributed by atoms with Crippen LogP contribution in [0.15, 0.2) is 41.3 Å². The van der Waals surface area contributed by atoms with Crippen LogP contribution < -0.4 is 9.04 Å². The van der Waals surface area contributed by atoms with Crippen LogP contribution in [0.3, 0.4) is 0 Å². The Morgan fingerprint density at radius 2 is 1.81 bits per heavy atom. The second kappa shape index (κ2) is 7.32. The molecule has 0 N–H and O–H groups in total. The molecule has 0 bridgehead atoms. The number of rotatable bonds is 5. The van der Waals surface area contributed by atoms with Gasteiger partial charge in [0.05, 0.1) is 28.3 Å². The predicted molar refractivity (Wildman–Crippen MR) is 89.6 cm³/mol. The highest BCUT2D eigenvalue weighted by molar-refractivity contribution is 7.92. The van der Waals surface area contributed by atoms with Crippen molar-refractivity contribution in [3.8, 4) is 5.75 Å². The van der Waals surface area contributed by atoms with Gasteiger partial charge in [-0.25, -0.2) is 12.8 Å². The highest BCUT2D eigenvalue weighted by Gasteiger charge is 2.33. The van der Waals surface area contributed by atoms with Gasteiger partial charge in [0.25, 0.3) is 10.0 Å². The van der Waals surface area contributed by atoms with Gasteiger partial charge in [-0.3, -0.25) is 4.31 Å². The maximum Gasteiger partial charge on any atom is 0.416 e. The maximum absolute atomic E-state index is 13.9. The summed E-state index contributed by atoms with van der Waals surface area (Å²) in [6.45, 7) is 1.21. The molecule has 142 valence electrons. The largest absolute Gasteiger partial charge is 0.494 e. The number of alkyl halides is 3. The van der Waals surface area contributed by atoms with E-state index in [1.165, 1.54) is 14.0 Å². The average molecular weight is 412 g/mol. The third-order valence-electron chi connectivity index (χ3n) is 3.54. The van der Waals surface area contributed by atoms with Crippen LogP contribution in [0.25, 0.3) is 0 Å². The summed E-state index contributed by atoms with van der Waals surface area (Å²) in [6.07, 6.45) is -4.67. The maximum atomic E-state index is 13.9. The molecular formula is C16H14ClF4NO3S. The molecule has 0 saturated heterocycles. The highest BCUT2D eigenvalue weighted by atomic mass is 35.5. The van der Waals surface area contributed by atoms with E-state index >= 15 is 0 Å². The zero-order valence-electron chi connectivity index (χ0n) is 13.6. The number of hydrogen-bond acceptors (Lipinski definition) is 3. The first-order valence-corrected chi connectivity index (χ1v) is 9.07.